The molecule has 0 aliphatic carbocycles. The van der Waals surface area contributed by atoms with Crippen LogP contribution in [0.2, 0.25) is 0 Å². The van der Waals surface area contributed by atoms with Crippen molar-refractivity contribution in [3.8, 4) is 0 Å². The van der Waals surface area contributed by atoms with Crippen LogP contribution in [0.4, 0.5) is 0 Å². The lowest BCUT2D eigenvalue weighted by Gasteiger charge is -2.27. The van der Waals surface area contributed by atoms with Crippen LogP contribution in [0, 0.1) is 0 Å². The Balaban J connectivity index is 1.35. The number of thiocarbonyl (C=S) groups is 1. The van der Waals surface area contributed by atoms with Crippen molar-refractivity contribution in [1.82, 2.24) is 20.1 Å². The highest BCUT2D eigenvalue weighted by molar-refractivity contribution is 7.80. The molecule has 0 radical (unpaired) electrons. The van der Waals surface area contributed by atoms with Crippen LogP contribution in [0.25, 0.3) is 0 Å². The van der Waals surface area contributed by atoms with Crippen LogP contribution in [-0.4, -0.2) is 52.6 Å². The highest BCUT2D eigenvalue weighted by Crippen LogP contribution is 2.23. The molecule has 1 saturated heterocycles. The summed E-state index contributed by atoms with van der Waals surface area (Å²) in [6.45, 7) is 5.81. The van der Waals surface area contributed by atoms with Gasteiger partial charge in [0.25, 0.3) is 0 Å². The molecule has 156 valence electrons. The maximum absolute atomic E-state index is 5.79. The second-order valence-corrected chi connectivity index (χ2v) is 8.97. The predicted octanol–water partition coefficient (Wildman–Crippen LogP) is 4.36. The first kappa shape index (κ1) is 21.0. The molecule has 0 spiro atoms. The summed E-state index contributed by atoms with van der Waals surface area (Å²) in [5.74, 6) is 0.277. The number of rotatable bonds is 6. The molecule has 4 rings (SSSR count). The molecule has 2 aromatic carbocycles. The molecule has 1 fully saturated rings. The van der Waals surface area contributed by atoms with E-state index in [-0.39, 0.29) is 5.92 Å². The summed E-state index contributed by atoms with van der Waals surface area (Å²) in [7, 11) is 0. The number of aromatic nitrogens is 1. The van der Waals surface area contributed by atoms with E-state index in [0.717, 1.165) is 50.8 Å². The fraction of sp³-hybridized carbons (Fsp3) is 0.333. The van der Waals surface area contributed by atoms with Crippen molar-refractivity contribution in [2.24, 2.45) is 0 Å². The summed E-state index contributed by atoms with van der Waals surface area (Å²) in [5, 5.41) is 7.67. The molecule has 3 aromatic rings. The van der Waals surface area contributed by atoms with Crippen molar-refractivity contribution in [3.05, 3.63) is 88.4 Å². The monoisotopic (exact) mass is 436 g/mol. The van der Waals surface area contributed by atoms with Gasteiger partial charge in [0.15, 0.2) is 5.11 Å². The molecule has 4 nitrogen and oxygen atoms in total. The first-order valence-electron chi connectivity index (χ1n) is 10.5. The van der Waals surface area contributed by atoms with Gasteiger partial charge in [-0.15, -0.1) is 11.3 Å². The van der Waals surface area contributed by atoms with E-state index in [1.165, 1.54) is 16.1 Å². The normalized spacial score (nSPS) is 15.2. The van der Waals surface area contributed by atoms with Gasteiger partial charge in [-0.25, -0.2) is 4.98 Å². The second-order valence-electron chi connectivity index (χ2n) is 7.60. The summed E-state index contributed by atoms with van der Waals surface area (Å²) >= 11 is 7.53. The molecule has 1 aliphatic rings. The number of hydrogen-bond acceptors (Lipinski definition) is 4. The number of benzene rings is 2. The van der Waals surface area contributed by atoms with E-state index in [0.29, 0.717) is 0 Å². The quantitative estimate of drug-likeness (QED) is 0.581. The standard InChI is InChI=1S/C24H28N4S2/c29-24(28-14-7-13-27(15-16-28)19-23-25-12-17-30-23)26-18-22(20-8-3-1-4-9-20)21-10-5-2-6-11-21/h1-6,8-12,17,22H,7,13-16,18-19H2,(H,26,29). The average molecular weight is 437 g/mol. The molecular formula is C24H28N4S2. The van der Waals surface area contributed by atoms with Gasteiger partial charge in [-0.2, -0.15) is 0 Å². The van der Waals surface area contributed by atoms with Crippen molar-refractivity contribution >= 4 is 28.7 Å². The Labute approximate surface area is 188 Å². The zero-order valence-electron chi connectivity index (χ0n) is 17.1. The minimum atomic E-state index is 0.277. The van der Waals surface area contributed by atoms with Gasteiger partial charge in [-0.1, -0.05) is 60.7 Å². The largest absolute Gasteiger partial charge is 0.362 e. The molecule has 0 unspecified atom stereocenters. The van der Waals surface area contributed by atoms with Gasteiger partial charge in [0.05, 0.1) is 6.54 Å². The molecule has 30 heavy (non-hydrogen) atoms. The van der Waals surface area contributed by atoms with Gasteiger partial charge in [-0.3, -0.25) is 4.90 Å². The summed E-state index contributed by atoms with van der Waals surface area (Å²) in [5.41, 5.74) is 2.62. The average Bonchev–Trinajstić information content (AvgIpc) is 3.19. The maximum atomic E-state index is 5.79. The third kappa shape index (κ3) is 5.65. The molecule has 1 aromatic heterocycles. The highest BCUT2D eigenvalue weighted by atomic mass is 32.1. The molecule has 1 aliphatic heterocycles. The Morgan fingerprint density at radius 2 is 1.67 bits per heavy atom. The van der Waals surface area contributed by atoms with E-state index in [1.807, 2.05) is 11.6 Å². The highest BCUT2D eigenvalue weighted by Gasteiger charge is 2.19. The Morgan fingerprint density at radius 1 is 0.967 bits per heavy atom. The number of thiazole rings is 1. The van der Waals surface area contributed by atoms with E-state index in [9.17, 15) is 0 Å². The van der Waals surface area contributed by atoms with E-state index in [4.69, 9.17) is 12.2 Å². The lowest BCUT2D eigenvalue weighted by atomic mass is 9.91. The van der Waals surface area contributed by atoms with Gasteiger partial charge in [0.1, 0.15) is 5.01 Å². The Kier molecular flexibility index (Phi) is 7.45. The van der Waals surface area contributed by atoms with Gasteiger partial charge >= 0.3 is 0 Å². The minimum Gasteiger partial charge on any atom is -0.362 e. The number of nitrogens with zero attached hydrogens (tertiary/aromatic N) is 3. The van der Waals surface area contributed by atoms with Crippen molar-refractivity contribution in [2.75, 3.05) is 32.7 Å². The van der Waals surface area contributed by atoms with E-state index in [1.54, 1.807) is 11.3 Å². The molecule has 6 heteroatoms. The fourth-order valence-electron chi connectivity index (χ4n) is 3.95. The van der Waals surface area contributed by atoms with Crippen LogP contribution >= 0.6 is 23.6 Å². The molecule has 0 atom stereocenters. The van der Waals surface area contributed by atoms with Crippen LogP contribution in [0.5, 0.6) is 0 Å². The first-order chi connectivity index (χ1) is 14.8. The van der Waals surface area contributed by atoms with Crippen molar-refractivity contribution < 1.29 is 0 Å². The Bertz CT molecular complexity index is 860. The van der Waals surface area contributed by atoms with Crippen molar-refractivity contribution in [1.29, 1.82) is 0 Å². The predicted molar refractivity (Wildman–Crippen MR) is 129 cm³/mol. The Morgan fingerprint density at radius 3 is 2.30 bits per heavy atom. The molecule has 0 amide bonds. The molecule has 2 heterocycles. The molecule has 0 bridgehead atoms. The van der Waals surface area contributed by atoms with Gasteiger partial charge < -0.3 is 10.2 Å². The van der Waals surface area contributed by atoms with Crippen LogP contribution in [0.3, 0.4) is 0 Å². The number of nitrogens with one attached hydrogen (secondary N) is 1. The zero-order valence-corrected chi connectivity index (χ0v) is 18.7. The maximum Gasteiger partial charge on any atom is 0.169 e. The summed E-state index contributed by atoms with van der Waals surface area (Å²) in [6, 6.07) is 21.4. The van der Waals surface area contributed by atoms with Gasteiger partial charge in [-0.05, 0) is 29.8 Å². The molecule has 1 N–H and O–H groups in total. The van der Waals surface area contributed by atoms with Crippen molar-refractivity contribution in [2.45, 2.75) is 18.9 Å². The van der Waals surface area contributed by atoms with Crippen molar-refractivity contribution in [3.63, 3.8) is 0 Å². The fourth-order valence-corrected chi connectivity index (χ4v) is 4.88. The van der Waals surface area contributed by atoms with Crippen LogP contribution in [0.15, 0.2) is 72.2 Å². The smallest absolute Gasteiger partial charge is 0.169 e. The van der Waals surface area contributed by atoms with Crippen LogP contribution < -0.4 is 5.32 Å². The Hall–Kier alpha value is -2.28. The van der Waals surface area contributed by atoms with E-state index < -0.39 is 0 Å². The van der Waals surface area contributed by atoms with Gasteiger partial charge in [0.2, 0.25) is 0 Å². The molecule has 0 saturated carbocycles. The SMILES string of the molecule is S=C(NCC(c1ccccc1)c1ccccc1)N1CCCN(Cc2nccs2)CC1. The minimum absolute atomic E-state index is 0.277. The zero-order chi connectivity index (χ0) is 20.6. The summed E-state index contributed by atoms with van der Waals surface area (Å²) in [4.78, 5) is 9.23. The third-order valence-electron chi connectivity index (χ3n) is 5.58. The van der Waals surface area contributed by atoms with Crippen LogP contribution in [-0.2, 0) is 6.54 Å². The summed E-state index contributed by atoms with van der Waals surface area (Å²) in [6.07, 6.45) is 3.01. The lowest BCUT2D eigenvalue weighted by Crippen LogP contribution is -2.43. The van der Waals surface area contributed by atoms with Gasteiger partial charge in [0, 0.05) is 50.2 Å². The van der Waals surface area contributed by atoms with Crippen LogP contribution in [0.1, 0.15) is 28.5 Å². The number of hydrogen-bond donors (Lipinski definition) is 1. The first-order valence-corrected chi connectivity index (χ1v) is 11.8. The van der Waals surface area contributed by atoms with E-state index in [2.05, 4.69) is 80.8 Å². The van der Waals surface area contributed by atoms with E-state index >= 15 is 0 Å². The lowest BCUT2D eigenvalue weighted by molar-refractivity contribution is 0.277. The topological polar surface area (TPSA) is 31.4 Å². The molecular weight excluding hydrogens is 408 g/mol. The summed E-state index contributed by atoms with van der Waals surface area (Å²) < 4.78 is 0. The third-order valence-corrected chi connectivity index (χ3v) is 6.75. The second kappa shape index (κ2) is 10.7.